The van der Waals surface area contributed by atoms with E-state index in [1.54, 1.807) is 11.8 Å². The predicted molar refractivity (Wildman–Crippen MR) is 81.0 cm³/mol. The molecule has 2 aromatic rings. The summed E-state index contributed by atoms with van der Waals surface area (Å²) in [4.78, 5) is 14.3. The van der Waals surface area contributed by atoms with E-state index < -0.39 is 0 Å². The summed E-state index contributed by atoms with van der Waals surface area (Å²) in [6.45, 7) is 2.52. The van der Waals surface area contributed by atoms with Crippen molar-refractivity contribution >= 4 is 28.5 Å². The molecule has 102 valence electrons. The van der Waals surface area contributed by atoms with Crippen molar-refractivity contribution in [3.8, 4) is 0 Å². The van der Waals surface area contributed by atoms with Crippen molar-refractivity contribution in [3.05, 3.63) is 36.1 Å². The minimum atomic E-state index is 0.0339. The summed E-state index contributed by atoms with van der Waals surface area (Å²) in [5.74, 6) is 1.50. The highest BCUT2D eigenvalue weighted by molar-refractivity contribution is 7.98. The first-order valence-corrected chi connectivity index (χ1v) is 7.72. The van der Waals surface area contributed by atoms with E-state index in [0.717, 1.165) is 16.7 Å². The van der Waals surface area contributed by atoms with Crippen LogP contribution in [0.25, 0.3) is 11.0 Å². The Morgan fingerprint density at radius 1 is 1.42 bits per heavy atom. The third-order valence-electron chi connectivity index (χ3n) is 3.25. The van der Waals surface area contributed by atoms with Gasteiger partial charge in [-0.2, -0.15) is 11.8 Å². The van der Waals surface area contributed by atoms with Gasteiger partial charge in [0.15, 0.2) is 5.76 Å². The molecule has 0 aliphatic carbocycles. The van der Waals surface area contributed by atoms with Gasteiger partial charge < -0.3 is 4.42 Å². The Morgan fingerprint density at radius 3 is 2.84 bits per heavy atom. The number of thioether (sulfide) groups is 1. The molecule has 19 heavy (non-hydrogen) atoms. The van der Waals surface area contributed by atoms with Crippen LogP contribution in [0.5, 0.6) is 0 Å². The number of benzene rings is 1. The summed E-state index contributed by atoms with van der Waals surface area (Å²) in [5, 5.41) is 0.977. The summed E-state index contributed by atoms with van der Waals surface area (Å²) in [7, 11) is 1.97. The highest BCUT2D eigenvalue weighted by Crippen LogP contribution is 2.19. The van der Waals surface area contributed by atoms with Gasteiger partial charge in [0.05, 0.1) is 6.54 Å². The summed E-state index contributed by atoms with van der Waals surface area (Å²) >= 11 is 1.79. The van der Waals surface area contributed by atoms with Crippen molar-refractivity contribution in [2.24, 2.45) is 0 Å². The smallest absolute Gasteiger partial charge is 0.211 e. The van der Waals surface area contributed by atoms with E-state index in [0.29, 0.717) is 18.3 Å². The van der Waals surface area contributed by atoms with E-state index in [1.807, 2.05) is 37.4 Å². The fraction of sp³-hybridized carbons (Fsp3) is 0.400. The van der Waals surface area contributed by atoms with Gasteiger partial charge in [0.2, 0.25) is 5.78 Å². The predicted octanol–water partition coefficient (Wildman–Crippen LogP) is 3.30. The van der Waals surface area contributed by atoms with Crippen molar-refractivity contribution in [1.82, 2.24) is 4.90 Å². The van der Waals surface area contributed by atoms with Crippen LogP contribution in [0.2, 0.25) is 0 Å². The number of carbonyl (C=O) groups is 1. The molecule has 0 fully saturated rings. The molecule has 0 bridgehead atoms. The number of ketones is 1. The molecule has 4 heteroatoms. The number of hydrogen-bond acceptors (Lipinski definition) is 4. The molecule has 3 nitrogen and oxygen atoms in total. The Bertz CT molecular complexity index is 531. The van der Waals surface area contributed by atoms with E-state index in [9.17, 15) is 4.79 Å². The van der Waals surface area contributed by atoms with Gasteiger partial charge in [-0.3, -0.25) is 9.69 Å². The molecule has 1 heterocycles. The number of hydrogen-bond donors (Lipinski definition) is 0. The topological polar surface area (TPSA) is 33.5 Å². The standard InChI is InChI=1S/C15H19NO2S/c1-11(10-19-3)16(2)9-13(17)15-8-12-6-4-5-7-14(12)18-15/h4-8,11H,9-10H2,1-3H3. The van der Waals surface area contributed by atoms with Gasteiger partial charge in [0.1, 0.15) is 5.58 Å². The lowest BCUT2D eigenvalue weighted by Gasteiger charge is -2.22. The normalized spacial score (nSPS) is 13.1. The lowest BCUT2D eigenvalue weighted by atomic mass is 10.2. The summed E-state index contributed by atoms with van der Waals surface area (Å²) < 4.78 is 5.59. The lowest BCUT2D eigenvalue weighted by molar-refractivity contribution is 0.0905. The van der Waals surface area contributed by atoms with E-state index in [-0.39, 0.29) is 5.78 Å². The van der Waals surface area contributed by atoms with Crippen LogP contribution < -0.4 is 0 Å². The van der Waals surface area contributed by atoms with Crippen LogP contribution in [0, 0.1) is 0 Å². The molecule has 0 aliphatic heterocycles. The highest BCUT2D eigenvalue weighted by atomic mass is 32.2. The fourth-order valence-corrected chi connectivity index (χ4v) is 2.68. The number of carbonyl (C=O) groups excluding carboxylic acids is 1. The maximum absolute atomic E-state index is 12.2. The molecule has 1 aromatic carbocycles. The molecule has 0 N–H and O–H groups in total. The van der Waals surface area contributed by atoms with Gasteiger partial charge in [-0.25, -0.2) is 0 Å². The van der Waals surface area contributed by atoms with Crippen molar-refractivity contribution < 1.29 is 9.21 Å². The van der Waals surface area contributed by atoms with Crippen molar-refractivity contribution in [1.29, 1.82) is 0 Å². The monoisotopic (exact) mass is 277 g/mol. The first kappa shape index (κ1) is 14.2. The molecule has 0 aliphatic rings. The third kappa shape index (κ3) is 3.39. The Balaban J connectivity index is 2.07. The molecular weight excluding hydrogens is 258 g/mol. The first-order chi connectivity index (χ1) is 9.11. The minimum Gasteiger partial charge on any atom is -0.453 e. The second kappa shape index (κ2) is 6.26. The quantitative estimate of drug-likeness (QED) is 0.759. The van der Waals surface area contributed by atoms with Crippen molar-refractivity contribution in [2.45, 2.75) is 13.0 Å². The molecule has 1 unspecified atom stereocenters. The Morgan fingerprint density at radius 2 is 2.16 bits per heavy atom. The van der Waals surface area contributed by atoms with Crippen LogP contribution in [0.4, 0.5) is 0 Å². The minimum absolute atomic E-state index is 0.0339. The van der Waals surface area contributed by atoms with E-state index in [1.165, 1.54) is 0 Å². The second-order valence-electron chi connectivity index (χ2n) is 4.79. The average molecular weight is 277 g/mol. The molecule has 0 spiro atoms. The Labute approximate surface area is 118 Å². The Hall–Kier alpha value is -1.26. The average Bonchev–Trinajstić information content (AvgIpc) is 2.82. The number of fused-ring (bicyclic) bond motifs is 1. The first-order valence-electron chi connectivity index (χ1n) is 6.32. The van der Waals surface area contributed by atoms with Gasteiger partial charge in [-0.1, -0.05) is 18.2 Å². The zero-order valence-electron chi connectivity index (χ0n) is 11.6. The molecule has 2 rings (SSSR count). The Kier molecular flexibility index (Phi) is 4.66. The van der Waals surface area contributed by atoms with Crippen molar-refractivity contribution in [2.75, 3.05) is 25.6 Å². The van der Waals surface area contributed by atoms with Crippen molar-refractivity contribution in [3.63, 3.8) is 0 Å². The van der Waals surface area contributed by atoms with Gasteiger partial charge in [-0.05, 0) is 32.4 Å². The zero-order chi connectivity index (χ0) is 13.8. The zero-order valence-corrected chi connectivity index (χ0v) is 12.4. The molecule has 0 radical (unpaired) electrons. The van der Waals surface area contributed by atoms with Gasteiger partial charge in [-0.15, -0.1) is 0 Å². The van der Waals surface area contributed by atoms with Gasteiger partial charge in [0.25, 0.3) is 0 Å². The number of furan rings is 1. The van der Waals surface area contributed by atoms with Crippen LogP contribution in [0.15, 0.2) is 34.7 Å². The second-order valence-corrected chi connectivity index (χ2v) is 5.70. The van der Waals surface area contributed by atoms with E-state index >= 15 is 0 Å². The van der Waals surface area contributed by atoms with Crippen LogP contribution >= 0.6 is 11.8 Å². The van der Waals surface area contributed by atoms with Crippen LogP contribution in [-0.4, -0.2) is 42.3 Å². The summed E-state index contributed by atoms with van der Waals surface area (Å²) in [5.41, 5.74) is 0.769. The number of rotatable bonds is 6. The molecule has 0 saturated heterocycles. The lowest BCUT2D eigenvalue weighted by Crippen LogP contribution is -2.35. The number of Topliss-reactive ketones (excluding diaryl/α,β-unsaturated/α-hetero) is 1. The molecule has 0 saturated carbocycles. The SMILES string of the molecule is CSCC(C)N(C)CC(=O)c1cc2ccccc2o1. The largest absolute Gasteiger partial charge is 0.453 e. The van der Waals surface area contributed by atoms with Crippen LogP contribution in [0.1, 0.15) is 17.5 Å². The summed E-state index contributed by atoms with van der Waals surface area (Å²) in [6, 6.07) is 9.89. The molecule has 1 aromatic heterocycles. The van der Waals surface area contributed by atoms with Crippen LogP contribution in [0.3, 0.4) is 0 Å². The third-order valence-corrected chi connectivity index (χ3v) is 4.07. The fourth-order valence-electron chi connectivity index (χ4n) is 1.95. The number of nitrogens with zero attached hydrogens (tertiary/aromatic N) is 1. The number of para-hydroxylation sites is 1. The van der Waals surface area contributed by atoms with E-state index in [4.69, 9.17) is 4.42 Å². The summed E-state index contributed by atoms with van der Waals surface area (Å²) in [6.07, 6.45) is 2.07. The van der Waals surface area contributed by atoms with Crippen LogP contribution in [-0.2, 0) is 0 Å². The highest BCUT2D eigenvalue weighted by Gasteiger charge is 2.17. The maximum atomic E-state index is 12.2. The number of likely N-dealkylation sites (N-methyl/N-ethyl adjacent to an activating group) is 1. The van der Waals surface area contributed by atoms with Gasteiger partial charge >= 0.3 is 0 Å². The van der Waals surface area contributed by atoms with E-state index in [2.05, 4.69) is 18.1 Å². The molecule has 1 atom stereocenters. The molecule has 0 amide bonds. The molecular formula is C15H19NO2S. The van der Waals surface area contributed by atoms with Gasteiger partial charge in [0, 0.05) is 17.2 Å². The maximum Gasteiger partial charge on any atom is 0.211 e.